The molecule has 0 unspecified atom stereocenters. The van der Waals surface area contributed by atoms with E-state index in [4.69, 9.17) is 9.47 Å². The number of para-hydroxylation sites is 1. The highest BCUT2D eigenvalue weighted by molar-refractivity contribution is 7.89. The molecule has 0 aromatic heterocycles. The van der Waals surface area contributed by atoms with Crippen molar-refractivity contribution in [3.05, 3.63) is 52.1 Å². The lowest BCUT2D eigenvalue weighted by Gasteiger charge is -2.20. The van der Waals surface area contributed by atoms with Gasteiger partial charge in [0.15, 0.2) is 11.5 Å². The van der Waals surface area contributed by atoms with Crippen LogP contribution in [0.5, 0.6) is 11.5 Å². The number of anilines is 1. The number of nitrogens with one attached hydrogen (secondary N) is 1. The van der Waals surface area contributed by atoms with Gasteiger partial charge >= 0.3 is 0 Å². The number of nitro benzene ring substituents is 1. The molecular formula is C19H24N4O6S. The van der Waals surface area contributed by atoms with E-state index in [1.165, 1.54) is 36.9 Å². The van der Waals surface area contributed by atoms with Crippen LogP contribution in [0.25, 0.3) is 0 Å². The number of non-ortho nitro benzene ring substituents is 1. The van der Waals surface area contributed by atoms with Crippen molar-refractivity contribution in [1.29, 1.82) is 0 Å². The van der Waals surface area contributed by atoms with E-state index in [1.807, 2.05) is 0 Å². The standard InChI is InChI=1S/C19H24N4O6S/c1-5-22(6-2)30(26,27)18-12-15(23(24)25)10-11-16(18)21-20-13-14-8-7-9-17(28-3)19(14)29-4/h7-13,21H,5-6H2,1-4H3/b20-13+. The van der Waals surface area contributed by atoms with Crippen molar-refractivity contribution in [2.45, 2.75) is 18.7 Å². The summed E-state index contributed by atoms with van der Waals surface area (Å²) in [5.41, 5.74) is 3.05. The molecule has 2 aromatic carbocycles. The molecule has 0 heterocycles. The van der Waals surface area contributed by atoms with E-state index in [-0.39, 0.29) is 29.4 Å². The molecule has 1 N–H and O–H groups in total. The first-order chi connectivity index (χ1) is 14.3. The Balaban J connectivity index is 2.46. The van der Waals surface area contributed by atoms with Crippen LogP contribution in [0.1, 0.15) is 19.4 Å². The summed E-state index contributed by atoms with van der Waals surface area (Å²) in [4.78, 5) is 10.3. The van der Waals surface area contributed by atoms with E-state index in [1.54, 1.807) is 32.0 Å². The minimum Gasteiger partial charge on any atom is -0.493 e. The maximum atomic E-state index is 13.0. The average molecular weight is 436 g/mol. The zero-order chi connectivity index (χ0) is 22.3. The smallest absolute Gasteiger partial charge is 0.270 e. The second kappa shape index (κ2) is 10.0. The third kappa shape index (κ3) is 4.86. The van der Waals surface area contributed by atoms with Gasteiger partial charge in [0, 0.05) is 30.8 Å². The van der Waals surface area contributed by atoms with Crippen LogP contribution in [0, 0.1) is 10.1 Å². The molecule has 0 bridgehead atoms. The van der Waals surface area contributed by atoms with Gasteiger partial charge in [-0.15, -0.1) is 0 Å². The summed E-state index contributed by atoms with van der Waals surface area (Å²) < 4.78 is 37.7. The first kappa shape index (κ1) is 23.1. The molecule has 0 amide bonds. The molecule has 0 atom stereocenters. The Morgan fingerprint density at radius 2 is 1.87 bits per heavy atom. The minimum absolute atomic E-state index is 0.116. The molecule has 0 aliphatic rings. The van der Waals surface area contributed by atoms with Crippen molar-refractivity contribution in [3.8, 4) is 11.5 Å². The first-order valence-corrected chi connectivity index (χ1v) is 10.5. The van der Waals surface area contributed by atoms with Crippen molar-refractivity contribution < 1.29 is 22.8 Å². The first-order valence-electron chi connectivity index (χ1n) is 9.08. The van der Waals surface area contributed by atoms with Gasteiger partial charge in [0.25, 0.3) is 5.69 Å². The molecule has 10 nitrogen and oxygen atoms in total. The molecule has 0 saturated heterocycles. The third-order valence-corrected chi connectivity index (χ3v) is 6.41. The van der Waals surface area contributed by atoms with E-state index in [0.717, 1.165) is 6.07 Å². The van der Waals surface area contributed by atoms with Gasteiger partial charge in [-0.25, -0.2) is 8.42 Å². The van der Waals surface area contributed by atoms with E-state index in [9.17, 15) is 18.5 Å². The van der Waals surface area contributed by atoms with Crippen molar-refractivity contribution in [1.82, 2.24) is 4.31 Å². The molecule has 0 saturated carbocycles. The van der Waals surface area contributed by atoms with Crippen molar-refractivity contribution in [3.63, 3.8) is 0 Å². The number of hydrogen-bond donors (Lipinski definition) is 1. The number of hydrazone groups is 1. The fourth-order valence-electron chi connectivity index (χ4n) is 2.82. The fraction of sp³-hybridized carbons (Fsp3) is 0.316. The molecule has 11 heteroatoms. The summed E-state index contributed by atoms with van der Waals surface area (Å²) in [6, 6.07) is 8.78. The average Bonchev–Trinajstić information content (AvgIpc) is 2.74. The second-order valence-corrected chi connectivity index (χ2v) is 7.89. The summed E-state index contributed by atoms with van der Waals surface area (Å²) >= 11 is 0. The van der Waals surface area contributed by atoms with E-state index in [0.29, 0.717) is 17.1 Å². The van der Waals surface area contributed by atoms with Crippen molar-refractivity contribution in [2.24, 2.45) is 5.10 Å². The molecule has 2 aromatic rings. The van der Waals surface area contributed by atoms with E-state index in [2.05, 4.69) is 10.5 Å². The summed E-state index contributed by atoms with van der Waals surface area (Å²) in [5.74, 6) is 0.979. The van der Waals surface area contributed by atoms with E-state index >= 15 is 0 Å². The zero-order valence-electron chi connectivity index (χ0n) is 17.2. The molecule has 162 valence electrons. The summed E-state index contributed by atoms with van der Waals surface area (Å²) in [7, 11) is -0.953. The number of nitro groups is 1. The molecule has 0 spiro atoms. The van der Waals surface area contributed by atoms with Gasteiger partial charge in [-0.1, -0.05) is 19.9 Å². The van der Waals surface area contributed by atoms with Gasteiger partial charge in [-0.05, 0) is 18.2 Å². The molecule has 0 aliphatic heterocycles. The highest BCUT2D eigenvalue weighted by atomic mass is 32.2. The Kier molecular flexibility index (Phi) is 7.72. The maximum absolute atomic E-state index is 13.0. The lowest BCUT2D eigenvalue weighted by atomic mass is 10.2. The topological polar surface area (TPSA) is 123 Å². The minimum atomic E-state index is -3.96. The Hall–Kier alpha value is -3.18. The van der Waals surface area contributed by atoms with Crippen LogP contribution in [0.2, 0.25) is 0 Å². The SMILES string of the molecule is CCN(CC)S(=O)(=O)c1cc([N+](=O)[O-])ccc1N/N=C/c1cccc(OC)c1OC. The number of methoxy groups -OCH3 is 2. The highest BCUT2D eigenvalue weighted by Gasteiger charge is 2.27. The van der Waals surface area contributed by atoms with Crippen LogP contribution in [-0.4, -0.2) is 51.2 Å². The molecule has 0 radical (unpaired) electrons. The highest BCUT2D eigenvalue weighted by Crippen LogP contribution is 2.31. The fourth-order valence-corrected chi connectivity index (χ4v) is 4.44. The Morgan fingerprint density at radius 3 is 2.43 bits per heavy atom. The number of benzene rings is 2. The lowest BCUT2D eigenvalue weighted by Crippen LogP contribution is -2.31. The lowest BCUT2D eigenvalue weighted by molar-refractivity contribution is -0.385. The number of ether oxygens (including phenoxy) is 2. The maximum Gasteiger partial charge on any atom is 0.270 e. The van der Waals surface area contributed by atoms with Crippen LogP contribution in [0.15, 0.2) is 46.4 Å². The molecule has 0 fully saturated rings. The van der Waals surface area contributed by atoms with Gasteiger partial charge in [-0.2, -0.15) is 9.41 Å². The van der Waals surface area contributed by atoms with Gasteiger partial charge in [-0.3, -0.25) is 15.5 Å². The van der Waals surface area contributed by atoms with Crippen LogP contribution in [-0.2, 0) is 10.0 Å². The number of sulfonamides is 1. The summed E-state index contributed by atoms with van der Waals surface area (Å²) in [6.07, 6.45) is 1.44. The van der Waals surface area contributed by atoms with Crippen LogP contribution in [0.4, 0.5) is 11.4 Å². The molecular weight excluding hydrogens is 412 g/mol. The largest absolute Gasteiger partial charge is 0.493 e. The van der Waals surface area contributed by atoms with Crippen LogP contribution < -0.4 is 14.9 Å². The van der Waals surface area contributed by atoms with Crippen molar-refractivity contribution >= 4 is 27.6 Å². The zero-order valence-corrected chi connectivity index (χ0v) is 18.0. The van der Waals surface area contributed by atoms with Crippen LogP contribution in [0.3, 0.4) is 0 Å². The van der Waals surface area contributed by atoms with Crippen LogP contribution >= 0.6 is 0 Å². The van der Waals surface area contributed by atoms with Gasteiger partial charge in [0.1, 0.15) is 4.90 Å². The van der Waals surface area contributed by atoms with E-state index < -0.39 is 14.9 Å². The number of hydrogen-bond acceptors (Lipinski definition) is 8. The molecule has 2 rings (SSSR count). The Labute approximate surface area is 175 Å². The Morgan fingerprint density at radius 1 is 1.17 bits per heavy atom. The molecule has 0 aliphatic carbocycles. The summed E-state index contributed by atoms with van der Waals surface area (Å²) in [6.45, 7) is 3.84. The van der Waals surface area contributed by atoms with Gasteiger partial charge < -0.3 is 9.47 Å². The second-order valence-electron chi connectivity index (χ2n) is 5.98. The predicted octanol–water partition coefficient (Wildman–Crippen LogP) is 3.09. The number of nitrogens with zero attached hydrogens (tertiary/aromatic N) is 3. The van der Waals surface area contributed by atoms with Crippen molar-refractivity contribution in [2.75, 3.05) is 32.7 Å². The monoisotopic (exact) mass is 436 g/mol. The third-order valence-electron chi connectivity index (χ3n) is 4.32. The normalized spacial score (nSPS) is 11.6. The Bertz CT molecular complexity index is 1040. The summed E-state index contributed by atoms with van der Waals surface area (Å²) in [5, 5.41) is 15.2. The number of rotatable bonds is 10. The van der Waals surface area contributed by atoms with Gasteiger partial charge in [0.2, 0.25) is 10.0 Å². The molecule has 30 heavy (non-hydrogen) atoms. The predicted molar refractivity (Wildman–Crippen MR) is 114 cm³/mol. The quantitative estimate of drug-likeness (QED) is 0.345. The van der Waals surface area contributed by atoms with Gasteiger partial charge in [0.05, 0.1) is 31.0 Å².